The molecule has 0 aliphatic rings. The maximum atomic E-state index is 12.8. The highest BCUT2D eigenvalue weighted by Crippen LogP contribution is 2.27. The number of halogens is 6. The molecule has 6 nitrogen and oxygen atoms in total. The molecular formula is C20H32F6N6. The molecule has 0 aliphatic carbocycles. The van der Waals surface area contributed by atoms with E-state index in [0.717, 1.165) is 12.3 Å². The Balaban J connectivity index is 0.00000466. The Morgan fingerprint density at radius 1 is 1.22 bits per heavy atom. The first-order valence-electron chi connectivity index (χ1n) is 10.1. The number of alkyl halides is 5. The van der Waals surface area contributed by atoms with Crippen molar-refractivity contribution in [1.29, 1.82) is 0 Å². The van der Waals surface area contributed by atoms with Crippen molar-refractivity contribution in [2.75, 3.05) is 13.1 Å². The van der Waals surface area contributed by atoms with Gasteiger partial charge in [-0.05, 0) is 37.1 Å². The van der Waals surface area contributed by atoms with Crippen LogP contribution in [0.3, 0.4) is 0 Å². The summed E-state index contributed by atoms with van der Waals surface area (Å²) in [5.41, 5.74) is 6.13. The van der Waals surface area contributed by atoms with Gasteiger partial charge in [0.15, 0.2) is 0 Å². The van der Waals surface area contributed by atoms with Gasteiger partial charge < -0.3 is 11.1 Å². The van der Waals surface area contributed by atoms with Crippen LogP contribution in [0.25, 0.3) is 0 Å². The number of rotatable bonds is 12. The van der Waals surface area contributed by atoms with Crippen LogP contribution in [0.5, 0.6) is 0 Å². The number of nitrogens with one attached hydrogen (secondary N) is 2. The second kappa shape index (κ2) is 14.8. The summed E-state index contributed by atoms with van der Waals surface area (Å²) < 4.78 is 75.1. The number of aromatic nitrogens is 1. The molecule has 0 saturated heterocycles. The number of nitrogens with zero attached hydrogens (tertiary/aromatic N) is 2. The van der Waals surface area contributed by atoms with Gasteiger partial charge in [-0.25, -0.2) is 5.01 Å². The van der Waals surface area contributed by atoms with Gasteiger partial charge in [-0.1, -0.05) is 31.5 Å². The van der Waals surface area contributed by atoms with Crippen molar-refractivity contribution >= 4 is 0 Å². The summed E-state index contributed by atoms with van der Waals surface area (Å²) in [6, 6.07) is -1.70. The molecule has 12 heteroatoms. The third-order valence-electron chi connectivity index (χ3n) is 4.07. The second-order valence-electron chi connectivity index (χ2n) is 6.54. The summed E-state index contributed by atoms with van der Waals surface area (Å²) in [5, 5.41) is 4.35. The first-order valence-corrected chi connectivity index (χ1v) is 10.1. The highest BCUT2D eigenvalue weighted by Gasteiger charge is 2.32. The van der Waals surface area contributed by atoms with Crippen molar-refractivity contribution in [1.82, 2.24) is 20.8 Å². The van der Waals surface area contributed by atoms with Gasteiger partial charge in [-0.15, -0.1) is 4.48 Å². The minimum Gasteiger partial charge on any atom is -0.381 e. The second-order valence-corrected chi connectivity index (χ2v) is 6.54. The molecule has 6 N–H and O–H groups in total. The highest BCUT2D eigenvalue weighted by atomic mass is 19.4. The van der Waals surface area contributed by atoms with E-state index in [0.29, 0.717) is 16.8 Å². The Morgan fingerprint density at radius 2 is 1.88 bits per heavy atom. The van der Waals surface area contributed by atoms with Crippen LogP contribution >= 0.6 is 0 Å². The fourth-order valence-corrected chi connectivity index (χ4v) is 2.31. The molecule has 0 saturated carbocycles. The zero-order valence-electron chi connectivity index (χ0n) is 18.4. The molecule has 0 radical (unpaired) electrons. The van der Waals surface area contributed by atoms with Crippen LogP contribution in [-0.4, -0.2) is 35.2 Å². The van der Waals surface area contributed by atoms with Gasteiger partial charge in [0.1, 0.15) is 5.69 Å². The number of nitrogens with two attached hydrogens (primary N) is 2. The van der Waals surface area contributed by atoms with Crippen LogP contribution in [0.15, 0.2) is 42.3 Å². The Kier molecular flexibility index (Phi) is 13.8. The Labute approximate surface area is 184 Å². The summed E-state index contributed by atoms with van der Waals surface area (Å²) in [4.78, 5) is 3.39. The standard InChI is InChI=1S/C18H26F6N6.C2H6/c1-13(30(26)10-2-8-17(19,20)29-24)3-5-15(7-9-25)27-11-14-4-6-16(28-12-14)18(21,22)23;1-2/h3-7,12-13,27,29H,2,8-11,25-26H2,1H3;1-2H3/b5-3-,15-7+;. The number of pyridine rings is 1. The van der Waals surface area contributed by atoms with Crippen LogP contribution in [-0.2, 0) is 12.7 Å². The molecule has 0 aromatic carbocycles. The number of hydrazine groups is 1. The van der Waals surface area contributed by atoms with Crippen LogP contribution in [0.2, 0.25) is 0 Å². The molecule has 1 heterocycles. The number of allylic oxidation sites excluding steroid dienone is 1. The van der Waals surface area contributed by atoms with Crippen molar-refractivity contribution in [3.63, 3.8) is 0 Å². The van der Waals surface area contributed by atoms with Crippen molar-refractivity contribution in [2.24, 2.45) is 11.6 Å². The minimum atomic E-state index is -4.50. The third kappa shape index (κ3) is 12.0. The Hall–Kier alpha value is -2.15. The number of hydrogen-bond acceptors (Lipinski definition) is 6. The molecule has 0 spiro atoms. The van der Waals surface area contributed by atoms with Crippen molar-refractivity contribution in [2.45, 2.75) is 58.4 Å². The smallest absolute Gasteiger partial charge is 0.381 e. The quantitative estimate of drug-likeness (QED) is 0.0921. The fraction of sp³-hybridized carbons (Fsp3) is 0.550. The van der Waals surface area contributed by atoms with E-state index in [1.165, 1.54) is 11.1 Å². The predicted octanol–water partition coefficient (Wildman–Crippen LogP) is 4.03. The van der Waals surface area contributed by atoms with Gasteiger partial charge in [0.2, 0.25) is 0 Å². The van der Waals surface area contributed by atoms with Crippen molar-refractivity contribution in [3.8, 4) is 0 Å². The van der Waals surface area contributed by atoms with Crippen LogP contribution in [0, 0.1) is 0 Å². The molecule has 32 heavy (non-hydrogen) atoms. The van der Waals surface area contributed by atoms with Gasteiger partial charge in [0.25, 0.3) is 0 Å². The molecule has 1 aromatic heterocycles. The zero-order chi connectivity index (χ0) is 24.8. The maximum Gasteiger partial charge on any atom is 0.433 e. The molecule has 184 valence electrons. The van der Waals surface area contributed by atoms with Gasteiger partial charge in [-0.3, -0.25) is 10.8 Å². The molecule has 0 fully saturated rings. The third-order valence-corrected chi connectivity index (χ3v) is 4.07. The molecule has 0 aliphatic heterocycles. The predicted molar refractivity (Wildman–Crippen MR) is 112 cm³/mol. The van der Waals surface area contributed by atoms with E-state index in [2.05, 4.69) is 10.3 Å². The molecular weight excluding hydrogens is 438 g/mol. The largest absolute Gasteiger partial charge is 0.433 e. The van der Waals surface area contributed by atoms with E-state index >= 15 is 0 Å². The molecule has 0 bridgehead atoms. The lowest BCUT2D eigenvalue weighted by Gasteiger charge is -2.22. The summed E-state index contributed by atoms with van der Waals surface area (Å²) in [7, 11) is 0. The van der Waals surface area contributed by atoms with Gasteiger partial charge >= 0.3 is 12.2 Å². The van der Waals surface area contributed by atoms with E-state index in [4.69, 9.17) is 11.6 Å². The van der Waals surface area contributed by atoms with Gasteiger partial charge in [0.05, 0.1) is 0 Å². The average Bonchev–Trinajstić information content (AvgIpc) is 2.76. The SMILES string of the molecule is CC.CC(/C=C\C(=C/CN)NCc1ccc(C(F)(F)F)nc1)N(N)CCCC(F)(F)NF. The van der Waals surface area contributed by atoms with E-state index in [1.807, 2.05) is 13.8 Å². The lowest BCUT2D eigenvalue weighted by molar-refractivity contribution is -0.141. The average molecular weight is 471 g/mol. The fourth-order valence-electron chi connectivity index (χ4n) is 2.31. The highest BCUT2D eigenvalue weighted by molar-refractivity contribution is 5.21. The summed E-state index contributed by atoms with van der Waals surface area (Å²) in [6.07, 6.45) is 0.943. The van der Waals surface area contributed by atoms with Gasteiger partial charge in [-0.2, -0.15) is 22.0 Å². The van der Waals surface area contributed by atoms with Gasteiger partial charge in [0, 0.05) is 44.0 Å². The Bertz CT molecular complexity index is 691. The lowest BCUT2D eigenvalue weighted by Crippen LogP contribution is -2.40. The molecule has 1 unspecified atom stereocenters. The summed E-state index contributed by atoms with van der Waals surface area (Å²) in [6.45, 7) is 6.28. The normalized spacial score (nSPS) is 13.8. The van der Waals surface area contributed by atoms with E-state index in [-0.39, 0.29) is 32.1 Å². The molecule has 0 amide bonds. The van der Waals surface area contributed by atoms with Crippen LogP contribution in [0.4, 0.5) is 26.4 Å². The maximum absolute atomic E-state index is 12.8. The van der Waals surface area contributed by atoms with E-state index < -0.39 is 24.3 Å². The van der Waals surface area contributed by atoms with Crippen LogP contribution in [0.1, 0.15) is 44.9 Å². The summed E-state index contributed by atoms with van der Waals surface area (Å²) in [5.74, 6) is 5.82. The molecule has 1 aromatic rings. The number of hydrogen-bond donors (Lipinski definition) is 4. The Morgan fingerprint density at radius 3 is 2.38 bits per heavy atom. The van der Waals surface area contributed by atoms with E-state index in [1.54, 1.807) is 25.2 Å². The topological polar surface area (TPSA) is 92.2 Å². The zero-order valence-corrected chi connectivity index (χ0v) is 18.4. The molecule has 1 rings (SSSR count). The van der Waals surface area contributed by atoms with Crippen molar-refractivity contribution in [3.05, 3.63) is 53.5 Å². The van der Waals surface area contributed by atoms with Crippen LogP contribution < -0.4 is 22.4 Å². The summed E-state index contributed by atoms with van der Waals surface area (Å²) >= 11 is 0. The minimum absolute atomic E-state index is 0.0245. The molecule has 1 atom stereocenters. The van der Waals surface area contributed by atoms with E-state index in [9.17, 15) is 26.4 Å². The monoisotopic (exact) mass is 470 g/mol. The van der Waals surface area contributed by atoms with Crippen molar-refractivity contribution < 1.29 is 26.4 Å². The first kappa shape index (κ1) is 29.9. The lowest BCUT2D eigenvalue weighted by atomic mass is 10.2. The first-order chi connectivity index (χ1) is 15.0.